The van der Waals surface area contributed by atoms with E-state index in [0.29, 0.717) is 60.8 Å². The maximum Gasteiger partial charge on any atom is 0.410 e. The van der Waals surface area contributed by atoms with Gasteiger partial charge in [-0.15, -0.1) is 0 Å². The first-order valence-corrected chi connectivity index (χ1v) is 30.8. The van der Waals surface area contributed by atoms with Crippen LogP contribution in [-0.2, 0) is 23.8 Å². The van der Waals surface area contributed by atoms with E-state index in [9.17, 15) is 14.4 Å². The Hall–Kier alpha value is -3.47. The maximum atomic E-state index is 13.8. The molecule has 2 aromatic carbocycles. The van der Waals surface area contributed by atoms with Crippen LogP contribution in [0.25, 0.3) is 0 Å². The normalized spacial score (nSPS) is 20.6. The number of benzene rings is 2. The second-order valence-electron chi connectivity index (χ2n) is 24.4. The highest BCUT2D eigenvalue weighted by atomic mass is 16.6. The fourth-order valence-corrected chi connectivity index (χ4v) is 13.4. The van der Waals surface area contributed by atoms with Gasteiger partial charge < -0.3 is 34.2 Å². The number of likely N-dealkylation sites (tertiary alicyclic amines) is 2. The van der Waals surface area contributed by atoms with Crippen molar-refractivity contribution in [1.29, 1.82) is 0 Å². The van der Waals surface area contributed by atoms with Gasteiger partial charge in [0, 0.05) is 79.0 Å². The Morgan fingerprint density at radius 3 is 1.48 bits per heavy atom. The lowest BCUT2D eigenvalue weighted by molar-refractivity contribution is -0.135. The van der Waals surface area contributed by atoms with Gasteiger partial charge in [0.2, 0.25) is 11.8 Å². The smallest absolute Gasteiger partial charge is 0.410 e. The zero-order valence-electron chi connectivity index (χ0n) is 48.7. The number of rotatable bonds is 28. The predicted molar refractivity (Wildman–Crippen MR) is 309 cm³/mol. The lowest BCUT2D eigenvalue weighted by Gasteiger charge is -2.38. The summed E-state index contributed by atoms with van der Waals surface area (Å²) >= 11 is 0. The van der Waals surface area contributed by atoms with Crippen molar-refractivity contribution in [1.82, 2.24) is 20.0 Å². The van der Waals surface area contributed by atoms with Crippen molar-refractivity contribution in [2.75, 3.05) is 79.8 Å². The molecule has 2 aliphatic heterocycles. The van der Waals surface area contributed by atoms with Crippen molar-refractivity contribution in [3.63, 3.8) is 0 Å². The van der Waals surface area contributed by atoms with Crippen molar-refractivity contribution in [2.24, 2.45) is 35.5 Å². The van der Waals surface area contributed by atoms with Gasteiger partial charge in [0.25, 0.3) is 0 Å². The van der Waals surface area contributed by atoms with Crippen molar-refractivity contribution < 1.29 is 28.6 Å². The number of hydrogen-bond acceptors (Lipinski definition) is 7. The quantitative estimate of drug-likeness (QED) is 0.0847. The highest BCUT2D eigenvalue weighted by Gasteiger charge is 2.34. The molecule has 6 atom stereocenters. The Kier molecular flexibility index (Phi) is 29.2. The molecule has 2 heterocycles. The van der Waals surface area contributed by atoms with Gasteiger partial charge in [0.15, 0.2) is 0 Å². The van der Waals surface area contributed by atoms with E-state index >= 15 is 0 Å². The molecular weight excluding hydrogens is 933 g/mol. The molecule has 6 rings (SSSR count). The summed E-state index contributed by atoms with van der Waals surface area (Å²) in [5.41, 5.74) is 2.32. The molecule has 0 unspecified atom stereocenters. The molecular formula is C65H108N4O6. The predicted octanol–water partition coefficient (Wildman–Crippen LogP) is 14.5. The molecule has 0 spiro atoms. The highest BCUT2D eigenvalue weighted by molar-refractivity contribution is 5.77. The molecule has 1 N–H and O–H groups in total. The average Bonchev–Trinajstić information content (AvgIpc) is 3.41. The first kappa shape index (κ1) is 62.4. The van der Waals surface area contributed by atoms with E-state index in [1.807, 2.05) is 34.9 Å². The monoisotopic (exact) mass is 1040 g/mol. The Morgan fingerprint density at radius 1 is 0.613 bits per heavy atom. The van der Waals surface area contributed by atoms with E-state index in [-0.39, 0.29) is 17.9 Å². The van der Waals surface area contributed by atoms with E-state index < -0.39 is 5.60 Å². The topological polar surface area (TPSA) is 101 Å². The van der Waals surface area contributed by atoms with E-state index in [4.69, 9.17) is 14.2 Å². The number of hydrogen-bond donors (Lipinski definition) is 1. The van der Waals surface area contributed by atoms with E-state index in [1.54, 1.807) is 4.90 Å². The third-order valence-electron chi connectivity index (χ3n) is 17.2. The Labute approximate surface area is 457 Å². The summed E-state index contributed by atoms with van der Waals surface area (Å²) in [5.74, 6) is 4.81. The molecule has 2 aromatic rings. The maximum absolute atomic E-state index is 13.8. The van der Waals surface area contributed by atoms with Gasteiger partial charge in [-0.3, -0.25) is 9.59 Å². The molecule has 4 fully saturated rings. The van der Waals surface area contributed by atoms with Crippen LogP contribution in [0.3, 0.4) is 0 Å². The minimum Gasteiger partial charge on any atom is -0.444 e. The number of carbonyl (C=O) groups is 3. The lowest BCUT2D eigenvalue weighted by atomic mass is 9.78. The Balaban J connectivity index is 0.000000282. The molecule has 2 saturated heterocycles. The summed E-state index contributed by atoms with van der Waals surface area (Å²) in [6, 6.07) is 21.9. The molecule has 10 nitrogen and oxygen atoms in total. The van der Waals surface area contributed by atoms with Gasteiger partial charge in [0.05, 0.1) is 0 Å². The third-order valence-corrected chi connectivity index (χ3v) is 17.2. The molecule has 10 heteroatoms. The van der Waals surface area contributed by atoms with Gasteiger partial charge in [-0.25, -0.2) is 4.79 Å². The molecule has 75 heavy (non-hydrogen) atoms. The van der Waals surface area contributed by atoms with Crippen LogP contribution in [0.15, 0.2) is 60.7 Å². The van der Waals surface area contributed by atoms with Crippen LogP contribution in [0.5, 0.6) is 0 Å². The lowest BCUT2D eigenvalue weighted by Crippen LogP contribution is -2.43. The second kappa shape index (κ2) is 35.1. The van der Waals surface area contributed by atoms with Crippen molar-refractivity contribution in [2.45, 2.75) is 206 Å². The number of ether oxygens (including phenoxy) is 3. The van der Waals surface area contributed by atoms with E-state index in [0.717, 1.165) is 110 Å². The molecule has 0 radical (unpaired) electrons. The molecule has 2 aliphatic carbocycles. The number of piperidine rings is 2. The molecule has 2 saturated carbocycles. The summed E-state index contributed by atoms with van der Waals surface area (Å²) < 4.78 is 16.8. The van der Waals surface area contributed by atoms with E-state index in [1.165, 1.54) is 107 Å². The Morgan fingerprint density at radius 2 is 1.05 bits per heavy atom. The van der Waals surface area contributed by atoms with Crippen LogP contribution in [0.4, 0.5) is 4.79 Å². The summed E-state index contributed by atoms with van der Waals surface area (Å²) in [6.45, 7) is 18.2. The van der Waals surface area contributed by atoms with Crippen molar-refractivity contribution in [3.8, 4) is 0 Å². The molecule has 424 valence electrons. The fourth-order valence-electron chi connectivity index (χ4n) is 13.4. The molecule has 3 amide bonds. The summed E-state index contributed by atoms with van der Waals surface area (Å²) in [4.78, 5) is 46.1. The number of carbonyl (C=O) groups excluding carboxylic acids is 3. The van der Waals surface area contributed by atoms with E-state index in [2.05, 4.69) is 89.6 Å². The summed E-state index contributed by atoms with van der Waals surface area (Å²) in [6.07, 6.45) is 27.9. The van der Waals surface area contributed by atoms with Crippen molar-refractivity contribution in [3.05, 3.63) is 71.8 Å². The molecule has 4 aliphatic rings. The minimum absolute atomic E-state index is 0.159. The highest BCUT2D eigenvalue weighted by Crippen LogP contribution is 2.39. The number of nitrogens with zero attached hydrogens (tertiary/aromatic N) is 3. The summed E-state index contributed by atoms with van der Waals surface area (Å²) in [7, 11) is 3.85. The fraction of sp³-hybridized carbons (Fsp3) is 0.769. The largest absolute Gasteiger partial charge is 0.444 e. The van der Waals surface area contributed by atoms with Gasteiger partial charge in [-0.2, -0.15) is 0 Å². The van der Waals surface area contributed by atoms with Crippen molar-refractivity contribution >= 4 is 17.9 Å². The number of unbranched alkanes of at least 4 members (excludes halogenated alkanes) is 2. The van der Waals surface area contributed by atoms with Gasteiger partial charge in [-0.05, 0) is 171 Å². The van der Waals surface area contributed by atoms with Crippen LogP contribution in [0.2, 0.25) is 0 Å². The SMILES string of the molecule is CCOCCCC[C@@H](c1ccccc1)[C@@H]1CCCN(C(=O)C[C@@H](CC2CCCCC2)CN(C)C(=O)OC(C)(C)C)C1.CCOCCCC[C@@H](c1ccccc1)[C@@H]1CCCN(C(=O)C[C@H](CNC)CC2CCCCC2)C1. The minimum atomic E-state index is -0.527. The van der Waals surface area contributed by atoms with Gasteiger partial charge in [-0.1, -0.05) is 138 Å². The van der Waals surface area contributed by atoms with Gasteiger partial charge in [0.1, 0.15) is 5.60 Å². The van der Waals surface area contributed by atoms with Gasteiger partial charge >= 0.3 is 6.09 Å². The van der Waals surface area contributed by atoms with Crippen LogP contribution in [-0.4, -0.2) is 118 Å². The zero-order chi connectivity index (χ0) is 53.7. The molecule has 0 bridgehead atoms. The summed E-state index contributed by atoms with van der Waals surface area (Å²) in [5, 5.41) is 3.37. The number of nitrogens with one attached hydrogen (secondary N) is 1. The second-order valence-corrected chi connectivity index (χ2v) is 24.4. The average molecular weight is 1040 g/mol. The standard InChI is InChI=1S/C35H58N2O4.C30H50N2O2/c1-6-40-23-14-13-21-32(30-18-11-8-12-19-30)31-20-15-22-37(27-31)33(38)25-29(24-28-16-9-7-10-17-28)26-36(5)34(39)41-35(2,3)4;1-3-34-20-11-10-18-29(27-15-8-5-9-16-27)28-17-12-19-32(24-28)30(33)22-26(23-31-2)21-25-13-6-4-7-14-25/h8,11-12,18-19,28-29,31-32H,6-7,9-10,13-17,20-27H2,1-5H3;5,8-9,15-16,25-26,28-29,31H,3-4,6-7,10-14,17-24H2,1-2H3/t29-,31-,32+;26-,28-,29+/m11/s1. The van der Waals surface area contributed by atoms with Crippen LogP contribution < -0.4 is 5.32 Å². The zero-order valence-corrected chi connectivity index (χ0v) is 48.7. The molecule has 0 aromatic heterocycles. The van der Waals surface area contributed by atoms with Crippen LogP contribution >= 0.6 is 0 Å². The first-order valence-electron chi connectivity index (χ1n) is 30.8. The third kappa shape index (κ3) is 23.6. The van der Waals surface area contributed by atoms with Crippen LogP contribution in [0.1, 0.15) is 212 Å². The first-order chi connectivity index (χ1) is 36.4. The van der Waals surface area contributed by atoms with Crippen LogP contribution in [0, 0.1) is 35.5 Å². The Bertz CT molecular complexity index is 1830. The number of amides is 3.